The smallest absolute Gasteiger partial charge is 0.434 e. The van der Waals surface area contributed by atoms with E-state index in [0.29, 0.717) is 12.5 Å². The van der Waals surface area contributed by atoms with Crippen LogP contribution in [0, 0.1) is 5.92 Å². The van der Waals surface area contributed by atoms with Crippen molar-refractivity contribution < 1.29 is 14.3 Å². The minimum Gasteiger partial charge on any atom is -0.434 e. The van der Waals surface area contributed by atoms with Crippen molar-refractivity contribution in [2.45, 2.75) is 137 Å². The van der Waals surface area contributed by atoms with E-state index in [9.17, 15) is 4.79 Å². The molecule has 0 bridgehead atoms. The van der Waals surface area contributed by atoms with E-state index < -0.39 is 6.16 Å². The second-order valence-electron chi connectivity index (χ2n) is 8.47. The summed E-state index contributed by atoms with van der Waals surface area (Å²) in [6.45, 7) is 8.74. The molecule has 162 valence electrons. The molecule has 0 saturated heterocycles. The first kappa shape index (κ1) is 26.3. The number of carbonyl (C=O) groups excluding carboxylic acids is 1. The average Bonchev–Trinajstić information content (AvgIpc) is 2.64. The van der Waals surface area contributed by atoms with E-state index in [4.69, 9.17) is 9.47 Å². The van der Waals surface area contributed by atoms with Gasteiger partial charge >= 0.3 is 6.16 Å². The van der Waals surface area contributed by atoms with Crippen molar-refractivity contribution >= 4 is 6.16 Å². The highest BCUT2D eigenvalue weighted by molar-refractivity contribution is 5.60. The SMILES string of the molecule is CCCCCCCCCCCCCCCCCCOC(=O)OC(C)C(C)C. The van der Waals surface area contributed by atoms with Gasteiger partial charge in [0.1, 0.15) is 6.10 Å². The lowest BCUT2D eigenvalue weighted by molar-refractivity contribution is 0.0140. The predicted octanol–water partition coefficient (Wildman–Crippen LogP) is 8.45. The van der Waals surface area contributed by atoms with Gasteiger partial charge in [0.15, 0.2) is 0 Å². The van der Waals surface area contributed by atoms with Crippen molar-refractivity contribution in [3.8, 4) is 0 Å². The van der Waals surface area contributed by atoms with Crippen LogP contribution in [0.5, 0.6) is 0 Å². The molecular weight excluding hydrogens is 336 g/mol. The van der Waals surface area contributed by atoms with Crippen LogP contribution in [0.3, 0.4) is 0 Å². The Hall–Kier alpha value is -0.730. The lowest BCUT2D eigenvalue weighted by Gasteiger charge is -2.16. The van der Waals surface area contributed by atoms with E-state index in [1.54, 1.807) is 0 Å². The molecule has 0 aromatic heterocycles. The molecule has 27 heavy (non-hydrogen) atoms. The molecule has 0 aliphatic rings. The second-order valence-corrected chi connectivity index (χ2v) is 8.47. The van der Waals surface area contributed by atoms with Crippen LogP contribution in [-0.2, 0) is 9.47 Å². The van der Waals surface area contributed by atoms with Gasteiger partial charge in [0, 0.05) is 0 Å². The predicted molar refractivity (Wildman–Crippen MR) is 116 cm³/mol. The lowest BCUT2D eigenvalue weighted by Crippen LogP contribution is -2.21. The molecule has 0 N–H and O–H groups in total. The zero-order chi connectivity index (χ0) is 20.2. The van der Waals surface area contributed by atoms with E-state index in [-0.39, 0.29) is 6.10 Å². The molecular formula is C24H48O3. The first-order chi connectivity index (χ1) is 13.1. The third kappa shape index (κ3) is 19.8. The molecule has 0 amide bonds. The standard InChI is InChI=1S/C24H48O3/c1-5-6-7-8-9-10-11-12-13-14-15-16-17-18-19-20-21-26-24(25)27-23(4)22(2)3/h22-23H,5-21H2,1-4H3. The fourth-order valence-corrected chi connectivity index (χ4v) is 3.13. The summed E-state index contributed by atoms with van der Waals surface area (Å²) in [6.07, 6.45) is 21.0. The highest BCUT2D eigenvalue weighted by Crippen LogP contribution is 2.14. The van der Waals surface area contributed by atoms with E-state index in [2.05, 4.69) is 6.92 Å². The van der Waals surface area contributed by atoms with Gasteiger partial charge in [-0.05, 0) is 19.3 Å². The van der Waals surface area contributed by atoms with Crippen LogP contribution in [0.2, 0.25) is 0 Å². The Labute approximate surface area is 170 Å². The fraction of sp³-hybridized carbons (Fsp3) is 0.958. The number of carbonyl (C=O) groups is 1. The molecule has 0 rings (SSSR count). The number of hydrogen-bond donors (Lipinski definition) is 0. The summed E-state index contributed by atoms with van der Waals surface area (Å²) in [7, 11) is 0. The van der Waals surface area contributed by atoms with Crippen molar-refractivity contribution in [3.63, 3.8) is 0 Å². The van der Waals surface area contributed by atoms with Crippen molar-refractivity contribution in [2.75, 3.05) is 6.61 Å². The Bertz CT molecular complexity index is 315. The molecule has 0 aliphatic heterocycles. The molecule has 0 heterocycles. The van der Waals surface area contributed by atoms with Gasteiger partial charge in [-0.3, -0.25) is 0 Å². The van der Waals surface area contributed by atoms with E-state index in [0.717, 1.165) is 12.8 Å². The lowest BCUT2D eigenvalue weighted by atomic mass is 10.0. The van der Waals surface area contributed by atoms with Gasteiger partial charge in [0.25, 0.3) is 0 Å². The summed E-state index contributed by atoms with van der Waals surface area (Å²) in [5, 5.41) is 0. The summed E-state index contributed by atoms with van der Waals surface area (Å²) >= 11 is 0. The van der Waals surface area contributed by atoms with Crippen molar-refractivity contribution in [1.29, 1.82) is 0 Å². The Morgan fingerprint density at radius 3 is 1.37 bits per heavy atom. The van der Waals surface area contributed by atoms with E-state index in [1.807, 2.05) is 20.8 Å². The second kappa shape index (κ2) is 20.0. The van der Waals surface area contributed by atoms with Gasteiger partial charge in [0.05, 0.1) is 6.61 Å². The molecule has 0 spiro atoms. The summed E-state index contributed by atoms with van der Waals surface area (Å²) in [6, 6.07) is 0. The van der Waals surface area contributed by atoms with Crippen LogP contribution in [0.4, 0.5) is 4.79 Å². The van der Waals surface area contributed by atoms with E-state index >= 15 is 0 Å². The van der Waals surface area contributed by atoms with Gasteiger partial charge in [-0.1, -0.05) is 117 Å². The van der Waals surface area contributed by atoms with Gasteiger partial charge in [-0.25, -0.2) is 4.79 Å². The average molecular weight is 385 g/mol. The number of hydrogen-bond acceptors (Lipinski definition) is 3. The van der Waals surface area contributed by atoms with Crippen molar-refractivity contribution in [2.24, 2.45) is 5.92 Å². The van der Waals surface area contributed by atoms with Crippen LogP contribution in [0.25, 0.3) is 0 Å². The fourth-order valence-electron chi connectivity index (χ4n) is 3.13. The maximum atomic E-state index is 11.5. The molecule has 0 aliphatic carbocycles. The van der Waals surface area contributed by atoms with Crippen LogP contribution in [0.15, 0.2) is 0 Å². The quantitative estimate of drug-likeness (QED) is 0.165. The Kier molecular flexibility index (Phi) is 19.5. The number of rotatable bonds is 19. The van der Waals surface area contributed by atoms with Crippen LogP contribution in [0.1, 0.15) is 130 Å². The Morgan fingerprint density at radius 1 is 0.630 bits per heavy atom. The van der Waals surface area contributed by atoms with Crippen LogP contribution in [-0.4, -0.2) is 18.9 Å². The normalized spacial score (nSPS) is 12.3. The van der Waals surface area contributed by atoms with Crippen molar-refractivity contribution in [1.82, 2.24) is 0 Å². The molecule has 0 aromatic rings. The maximum absolute atomic E-state index is 11.5. The third-order valence-electron chi connectivity index (χ3n) is 5.44. The first-order valence-corrected chi connectivity index (χ1v) is 11.9. The summed E-state index contributed by atoms with van der Waals surface area (Å²) < 4.78 is 10.3. The first-order valence-electron chi connectivity index (χ1n) is 11.9. The van der Waals surface area contributed by atoms with Gasteiger partial charge in [-0.15, -0.1) is 0 Å². The van der Waals surface area contributed by atoms with Gasteiger partial charge < -0.3 is 9.47 Å². The highest BCUT2D eigenvalue weighted by atomic mass is 16.7. The Morgan fingerprint density at radius 2 is 1.00 bits per heavy atom. The maximum Gasteiger partial charge on any atom is 0.508 e. The highest BCUT2D eigenvalue weighted by Gasteiger charge is 2.13. The minimum absolute atomic E-state index is 0.0803. The number of unbranched alkanes of at least 4 members (excludes halogenated alkanes) is 15. The Balaban J connectivity index is 3.16. The molecule has 1 atom stereocenters. The largest absolute Gasteiger partial charge is 0.508 e. The van der Waals surface area contributed by atoms with E-state index in [1.165, 1.54) is 89.9 Å². The summed E-state index contributed by atoms with van der Waals surface area (Å²) in [4.78, 5) is 11.5. The summed E-state index contributed by atoms with van der Waals surface area (Å²) in [5.41, 5.74) is 0. The number of ether oxygens (including phenoxy) is 2. The molecule has 1 unspecified atom stereocenters. The molecule has 0 radical (unpaired) electrons. The van der Waals surface area contributed by atoms with Crippen LogP contribution < -0.4 is 0 Å². The summed E-state index contributed by atoms with van der Waals surface area (Å²) in [5.74, 6) is 0.327. The molecule has 0 aromatic carbocycles. The van der Waals surface area contributed by atoms with Crippen LogP contribution >= 0.6 is 0 Å². The molecule has 3 heteroatoms. The van der Waals surface area contributed by atoms with Gasteiger partial charge in [-0.2, -0.15) is 0 Å². The zero-order valence-corrected chi connectivity index (χ0v) is 18.9. The topological polar surface area (TPSA) is 35.5 Å². The third-order valence-corrected chi connectivity index (χ3v) is 5.44. The molecule has 0 fully saturated rings. The monoisotopic (exact) mass is 384 g/mol. The van der Waals surface area contributed by atoms with Crippen molar-refractivity contribution in [3.05, 3.63) is 0 Å². The molecule has 0 saturated carbocycles. The zero-order valence-electron chi connectivity index (χ0n) is 18.9. The minimum atomic E-state index is -0.517. The van der Waals surface area contributed by atoms with Gasteiger partial charge in [0.2, 0.25) is 0 Å². The molecule has 3 nitrogen and oxygen atoms in total.